The van der Waals surface area contributed by atoms with Crippen LogP contribution < -0.4 is 0 Å². The Morgan fingerprint density at radius 2 is 2.29 bits per heavy atom. The zero-order valence-corrected chi connectivity index (χ0v) is 10.2. The molecule has 1 aromatic carbocycles. The van der Waals surface area contributed by atoms with E-state index >= 15 is 0 Å². The molecule has 0 saturated heterocycles. The number of esters is 1. The summed E-state index contributed by atoms with van der Waals surface area (Å²) in [5.74, 6) is -0.0974. The van der Waals surface area contributed by atoms with Gasteiger partial charge in [-0.05, 0) is 42.1 Å². The number of phenolic OH excluding ortho intramolecular Hbond substituents is 1. The maximum Gasteiger partial charge on any atom is 0.330 e. The van der Waals surface area contributed by atoms with Crippen molar-refractivity contribution < 1.29 is 14.6 Å². The van der Waals surface area contributed by atoms with Gasteiger partial charge in [0.15, 0.2) is 0 Å². The first kappa shape index (κ1) is 11.7. The molecule has 0 atom stereocenters. The highest BCUT2D eigenvalue weighted by Crippen LogP contribution is 2.32. The fourth-order valence-electron chi connectivity index (χ4n) is 1.55. The molecular weight excluding hydrogens is 236 g/mol. The zero-order valence-electron chi connectivity index (χ0n) is 9.34. The zero-order chi connectivity index (χ0) is 12.3. The Labute approximate surface area is 103 Å². The predicted octanol–water partition coefficient (Wildman–Crippen LogP) is 3.18. The first-order chi connectivity index (χ1) is 8.22. The summed E-state index contributed by atoms with van der Waals surface area (Å²) in [6, 6.07) is 5.26. The largest absolute Gasteiger partial charge is 0.507 e. The molecule has 2 rings (SSSR count). The van der Waals surface area contributed by atoms with E-state index in [1.807, 2.05) is 11.4 Å². The Kier molecular flexibility index (Phi) is 3.44. The van der Waals surface area contributed by atoms with Gasteiger partial charge in [0.05, 0.1) is 6.61 Å². The van der Waals surface area contributed by atoms with Gasteiger partial charge in [0.25, 0.3) is 0 Å². The maximum atomic E-state index is 11.2. The lowest BCUT2D eigenvalue weighted by atomic mass is 10.1. The normalized spacial score (nSPS) is 11.1. The lowest BCUT2D eigenvalue weighted by molar-refractivity contribution is -0.137. The van der Waals surface area contributed by atoms with Gasteiger partial charge < -0.3 is 9.84 Å². The molecule has 0 fully saturated rings. The smallest absolute Gasteiger partial charge is 0.330 e. The molecule has 0 spiro atoms. The second-order valence-corrected chi connectivity index (χ2v) is 4.34. The highest BCUT2D eigenvalue weighted by Gasteiger charge is 2.04. The number of aromatic hydroxyl groups is 1. The number of thiophene rings is 1. The summed E-state index contributed by atoms with van der Waals surface area (Å²) in [7, 11) is 0. The summed E-state index contributed by atoms with van der Waals surface area (Å²) in [6.45, 7) is 2.14. The Bertz CT molecular complexity index is 569. The quantitative estimate of drug-likeness (QED) is 0.670. The lowest BCUT2D eigenvalue weighted by Crippen LogP contribution is -1.98. The fraction of sp³-hybridized carbons (Fsp3) is 0.154. The summed E-state index contributed by atoms with van der Waals surface area (Å²) < 4.78 is 5.77. The van der Waals surface area contributed by atoms with Gasteiger partial charge in [0.1, 0.15) is 5.75 Å². The molecule has 0 aliphatic heterocycles. The number of ether oxygens (including phenoxy) is 1. The minimum Gasteiger partial charge on any atom is -0.507 e. The number of phenols is 1. The number of carbonyl (C=O) groups is 1. The van der Waals surface area contributed by atoms with Gasteiger partial charge in [-0.25, -0.2) is 4.79 Å². The van der Waals surface area contributed by atoms with Crippen molar-refractivity contribution in [2.24, 2.45) is 0 Å². The number of benzene rings is 1. The second kappa shape index (κ2) is 5.01. The third kappa shape index (κ3) is 2.47. The van der Waals surface area contributed by atoms with E-state index < -0.39 is 0 Å². The summed E-state index contributed by atoms with van der Waals surface area (Å²) in [4.78, 5) is 11.2. The molecule has 1 aromatic heterocycles. The molecule has 1 heterocycles. The predicted molar refractivity (Wildman–Crippen MR) is 69.2 cm³/mol. The molecule has 17 heavy (non-hydrogen) atoms. The van der Waals surface area contributed by atoms with E-state index in [1.165, 1.54) is 17.4 Å². The summed E-state index contributed by atoms with van der Waals surface area (Å²) >= 11 is 1.53. The monoisotopic (exact) mass is 248 g/mol. The van der Waals surface area contributed by atoms with E-state index in [2.05, 4.69) is 0 Å². The van der Waals surface area contributed by atoms with E-state index in [0.29, 0.717) is 6.61 Å². The molecule has 0 unspecified atom stereocenters. The molecule has 4 heteroatoms. The molecule has 0 saturated carbocycles. The minimum absolute atomic E-state index is 0.259. The number of carbonyl (C=O) groups excluding carboxylic acids is 1. The van der Waals surface area contributed by atoms with Gasteiger partial charge in [-0.1, -0.05) is 0 Å². The van der Waals surface area contributed by atoms with Gasteiger partial charge in [0, 0.05) is 16.2 Å². The Morgan fingerprint density at radius 1 is 1.47 bits per heavy atom. The van der Waals surface area contributed by atoms with Crippen molar-refractivity contribution in [3.63, 3.8) is 0 Å². The molecule has 2 aromatic rings. The lowest BCUT2D eigenvalue weighted by Gasteiger charge is -1.99. The van der Waals surface area contributed by atoms with Crippen molar-refractivity contribution >= 4 is 33.5 Å². The summed E-state index contributed by atoms with van der Waals surface area (Å²) in [6.07, 6.45) is 3.10. The van der Waals surface area contributed by atoms with Gasteiger partial charge in [-0.15, -0.1) is 11.3 Å². The van der Waals surface area contributed by atoms with E-state index in [-0.39, 0.29) is 11.7 Å². The first-order valence-electron chi connectivity index (χ1n) is 5.26. The number of hydrogen-bond donors (Lipinski definition) is 1. The summed E-state index contributed by atoms with van der Waals surface area (Å²) in [5, 5.41) is 12.4. The molecular formula is C13H12O3S. The topological polar surface area (TPSA) is 46.5 Å². The summed E-state index contributed by atoms with van der Waals surface area (Å²) in [5.41, 5.74) is 0.904. The minimum atomic E-state index is -0.356. The molecule has 0 aliphatic carbocycles. The van der Waals surface area contributed by atoms with E-state index in [4.69, 9.17) is 4.74 Å². The van der Waals surface area contributed by atoms with E-state index in [1.54, 1.807) is 25.1 Å². The van der Waals surface area contributed by atoms with Crippen LogP contribution in [0.5, 0.6) is 5.75 Å². The standard InChI is InChI=1S/C13H12O3S/c1-2-16-12(15)6-4-9-3-5-11(14)10-7-8-17-13(9)10/h3-8,14H,2H2,1H3/b6-4+. The molecule has 88 valence electrons. The fourth-order valence-corrected chi connectivity index (χ4v) is 2.46. The first-order valence-corrected chi connectivity index (χ1v) is 6.14. The molecule has 1 N–H and O–H groups in total. The number of fused-ring (bicyclic) bond motifs is 1. The Hall–Kier alpha value is -1.81. The van der Waals surface area contributed by atoms with Gasteiger partial charge >= 0.3 is 5.97 Å². The molecule has 0 amide bonds. The van der Waals surface area contributed by atoms with Crippen molar-refractivity contribution in [3.05, 3.63) is 35.2 Å². The Balaban J connectivity index is 2.33. The number of rotatable bonds is 3. The van der Waals surface area contributed by atoms with E-state index in [0.717, 1.165) is 15.6 Å². The molecule has 0 aliphatic rings. The van der Waals surface area contributed by atoms with Crippen LogP contribution in [0.2, 0.25) is 0 Å². The highest BCUT2D eigenvalue weighted by atomic mass is 32.1. The van der Waals surface area contributed by atoms with Crippen LogP contribution in [0.4, 0.5) is 0 Å². The van der Waals surface area contributed by atoms with Gasteiger partial charge in [0.2, 0.25) is 0 Å². The van der Waals surface area contributed by atoms with Crippen LogP contribution in [0.15, 0.2) is 29.7 Å². The molecule has 3 nitrogen and oxygen atoms in total. The second-order valence-electron chi connectivity index (χ2n) is 3.42. The van der Waals surface area contributed by atoms with Crippen molar-refractivity contribution in [1.29, 1.82) is 0 Å². The average molecular weight is 248 g/mol. The van der Waals surface area contributed by atoms with Crippen LogP contribution in [0.3, 0.4) is 0 Å². The van der Waals surface area contributed by atoms with Crippen LogP contribution in [-0.4, -0.2) is 17.7 Å². The molecule has 0 radical (unpaired) electrons. The van der Waals surface area contributed by atoms with E-state index in [9.17, 15) is 9.90 Å². The van der Waals surface area contributed by atoms with Crippen molar-refractivity contribution in [2.45, 2.75) is 6.92 Å². The SMILES string of the molecule is CCOC(=O)/C=C/c1ccc(O)c2ccsc12. The highest BCUT2D eigenvalue weighted by molar-refractivity contribution is 7.17. The van der Waals surface area contributed by atoms with Crippen molar-refractivity contribution in [3.8, 4) is 5.75 Å². The van der Waals surface area contributed by atoms with Crippen molar-refractivity contribution in [1.82, 2.24) is 0 Å². The van der Waals surface area contributed by atoms with Crippen LogP contribution in [-0.2, 0) is 9.53 Å². The Morgan fingerprint density at radius 3 is 3.06 bits per heavy atom. The number of hydrogen-bond acceptors (Lipinski definition) is 4. The van der Waals surface area contributed by atoms with Crippen molar-refractivity contribution in [2.75, 3.05) is 6.61 Å². The maximum absolute atomic E-state index is 11.2. The van der Waals surface area contributed by atoms with Crippen LogP contribution in [0.1, 0.15) is 12.5 Å². The third-order valence-electron chi connectivity index (χ3n) is 2.31. The van der Waals surface area contributed by atoms with Crippen LogP contribution in [0.25, 0.3) is 16.2 Å². The van der Waals surface area contributed by atoms with Gasteiger partial charge in [-0.2, -0.15) is 0 Å². The third-order valence-corrected chi connectivity index (χ3v) is 3.27. The van der Waals surface area contributed by atoms with Gasteiger partial charge in [-0.3, -0.25) is 0 Å². The van der Waals surface area contributed by atoms with Crippen LogP contribution in [0, 0.1) is 0 Å². The average Bonchev–Trinajstić information content (AvgIpc) is 2.78. The molecule has 0 bridgehead atoms. The van der Waals surface area contributed by atoms with Crippen LogP contribution >= 0.6 is 11.3 Å².